The maximum absolute atomic E-state index is 12.9. The van der Waals surface area contributed by atoms with Gasteiger partial charge in [0.05, 0.1) is 16.5 Å². The third-order valence-electron chi connectivity index (χ3n) is 6.25. The number of benzene rings is 1. The molecule has 2 aromatic rings. The molecule has 2 aliphatic rings. The highest BCUT2D eigenvalue weighted by atomic mass is 32.2. The number of likely N-dealkylation sites (N-methyl/N-ethyl adjacent to an activating group) is 1. The first-order valence-electron chi connectivity index (χ1n) is 11.3. The van der Waals surface area contributed by atoms with Crippen LogP contribution in [0.5, 0.6) is 0 Å². The molecule has 1 N–H and O–H groups in total. The molecule has 2 amide bonds. The fourth-order valence-electron chi connectivity index (χ4n) is 4.14. The van der Waals surface area contributed by atoms with E-state index in [1.165, 1.54) is 28.6 Å². The molecular weight excluding hydrogens is 454 g/mol. The molecule has 0 saturated carbocycles. The predicted molar refractivity (Wildman–Crippen MR) is 128 cm³/mol. The summed E-state index contributed by atoms with van der Waals surface area (Å²) in [6.07, 6.45) is 1.77. The van der Waals surface area contributed by atoms with E-state index in [0.29, 0.717) is 25.2 Å². The number of carbonyl (C=O) groups is 1. The minimum Gasteiger partial charge on any atom is -0.354 e. The molecular formula is C23H29N7O3S. The van der Waals surface area contributed by atoms with Gasteiger partial charge in [-0.1, -0.05) is 6.07 Å². The number of sulfonamides is 1. The Labute approximate surface area is 200 Å². The minimum atomic E-state index is -3.67. The molecule has 2 fully saturated rings. The van der Waals surface area contributed by atoms with Gasteiger partial charge in [0.15, 0.2) is 0 Å². The molecule has 3 heterocycles. The molecule has 0 atom stereocenters. The SMILES string of the molecule is CN1CCN(c2ncccc2CNC(=O)N2CCN(S(=O)(=O)c3ccc(C#N)cc3)CC2)CC1. The van der Waals surface area contributed by atoms with E-state index in [2.05, 4.69) is 27.1 Å². The summed E-state index contributed by atoms with van der Waals surface area (Å²) in [5.41, 5.74) is 1.37. The van der Waals surface area contributed by atoms with E-state index in [1.807, 2.05) is 18.2 Å². The van der Waals surface area contributed by atoms with Crippen molar-refractivity contribution in [3.63, 3.8) is 0 Å². The number of pyridine rings is 1. The van der Waals surface area contributed by atoms with Crippen LogP contribution in [-0.4, -0.2) is 92.9 Å². The summed E-state index contributed by atoms with van der Waals surface area (Å²) in [6, 6.07) is 11.5. The molecule has 0 spiro atoms. The van der Waals surface area contributed by atoms with E-state index in [1.54, 1.807) is 11.1 Å². The van der Waals surface area contributed by atoms with Crippen molar-refractivity contribution in [2.75, 3.05) is 64.3 Å². The molecule has 1 aromatic heterocycles. The van der Waals surface area contributed by atoms with Gasteiger partial charge in [-0.05, 0) is 37.4 Å². The number of hydrogen-bond acceptors (Lipinski definition) is 7. The molecule has 180 valence electrons. The lowest BCUT2D eigenvalue weighted by Crippen LogP contribution is -2.53. The Morgan fingerprint density at radius 1 is 1.03 bits per heavy atom. The number of carbonyl (C=O) groups excluding carboxylic acids is 1. The Morgan fingerprint density at radius 2 is 1.71 bits per heavy atom. The van der Waals surface area contributed by atoms with Crippen LogP contribution in [0.1, 0.15) is 11.1 Å². The minimum absolute atomic E-state index is 0.150. The van der Waals surface area contributed by atoms with E-state index in [4.69, 9.17) is 5.26 Å². The van der Waals surface area contributed by atoms with E-state index < -0.39 is 10.0 Å². The average molecular weight is 484 g/mol. The molecule has 11 heteroatoms. The second-order valence-electron chi connectivity index (χ2n) is 8.46. The highest BCUT2D eigenvalue weighted by Gasteiger charge is 2.30. The number of aromatic nitrogens is 1. The number of urea groups is 1. The number of piperazine rings is 2. The summed E-state index contributed by atoms with van der Waals surface area (Å²) < 4.78 is 27.2. The Kier molecular flexibility index (Phi) is 7.31. The fraction of sp³-hybridized carbons (Fsp3) is 0.435. The van der Waals surface area contributed by atoms with Crippen LogP contribution in [0.25, 0.3) is 0 Å². The van der Waals surface area contributed by atoms with Crippen LogP contribution in [0.2, 0.25) is 0 Å². The molecule has 0 bridgehead atoms. The van der Waals surface area contributed by atoms with Crippen molar-refractivity contribution >= 4 is 21.9 Å². The molecule has 4 rings (SSSR count). The normalized spacial score (nSPS) is 17.9. The number of anilines is 1. The van der Waals surface area contributed by atoms with E-state index in [0.717, 1.165) is 37.6 Å². The topological polar surface area (TPSA) is 113 Å². The van der Waals surface area contributed by atoms with Crippen LogP contribution in [0.3, 0.4) is 0 Å². The molecule has 0 aliphatic carbocycles. The van der Waals surface area contributed by atoms with Crippen LogP contribution in [0.4, 0.5) is 10.6 Å². The lowest BCUT2D eigenvalue weighted by atomic mass is 10.2. The maximum atomic E-state index is 12.9. The zero-order chi connectivity index (χ0) is 24.1. The van der Waals surface area contributed by atoms with Gasteiger partial charge in [-0.2, -0.15) is 9.57 Å². The van der Waals surface area contributed by atoms with Crippen LogP contribution in [0, 0.1) is 11.3 Å². The van der Waals surface area contributed by atoms with Crippen LogP contribution in [-0.2, 0) is 16.6 Å². The number of nitrogens with one attached hydrogen (secondary N) is 1. The molecule has 34 heavy (non-hydrogen) atoms. The van der Waals surface area contributed by atoms with Gasteiger partial charge >= 0.3 is 6.03 Å². The van der Waals surface area contributed by atoms with Crippen LogP contribution in [0.15, 0.2) is 47.5 Å². The van der Waals surface area contributed by atoms with Crippen molar-refractivity contribution in [2.24, 2.45) is 0 Å². The molecule has 0 radical (unpaired) electrons. The smallest absolute Gasteiger partial charge is 0.317 e. The number of rotatable bonds is 5. The highest BCUT2D eigenvalue weighted by molar-refractivity contribution is 7.89. The van der Waals surface area contributed by atoms with Crippen molar-refractivity contribution in [1.29, 1.82) is 5.26 Å². The van der Waals surface area contributed by atoms with Crippen molar-refractivity contribution < 1.29 is 13.2 Å². The summed E-state index contributed by atoms with van der Waals surface area (Å²) >= 11 is 0. The zero-order valence-electron chi connectivity index (χ0n) is 19.2. The quantitative estimate of drug-likeness (QED) is 0.673. The summed E-state index contributed by atoms with van der Waals surface area (Å²) in [7, 11) is -1.56. The molecule has 2 saturated heterocycles. The summed E-state index contributed by atoms with van der Waals surface area (Å²) in [5, 5.41) is 11.9. The second-order valence-corrected chi connectivity index (χ2v) is 10.4. The van der Waals surface area contributed by atoms with Crippen molar-refractivity contribution in [1.82, 2.24) is 24.4 Å². The van der Waals surface area contributed by atoms with Crippen molar-refractivity contribution in [3.8, 4) is 6.07 Å². The van der Waals surface area contributed by atoms with Gasteiger partial charge in [0.25, 0.3) is 0 Å². The van der Waals surface area contributed by atoms with Crippen molar-refractivity contribution in [3.05, 3.63) is 53.7 Å². The highest BCUT2D eigenvalue weighted by Crippen LogP contribution is 2.20. The van der Waals surface area contributed by atoms with E-state index in [9.17, 15) is 13.2 Å². The Morgan fingerprint density at radius 3 is 2.35 bits per heavy atom. The first kappa shape index (κ1) is 23.9. The fourth-order valence-corrected chi connectivity index (χ4v) is 5.56. The zero-order valence-corrected chi connectivity index (χ0v) is 20.0. The first-order chi connectivity index (χ1) is 16.4. The summed E-state index contributed by atoms with van der Waals surface area (Å²) in [4.78, 5) is 23.6. The predicted octanol–water partition coefficient (Wildman–Crippen LogP) is 0.921. The first-order valence-corrected chi connectivity index (χ1v) is 12.7. The lowest BCUT2D eigenvalue weighted by molar-refractivity contribution is 0.172. The Hall–Kier alpha value is -3.20. The van der Waals surface area contributed by atoms with Crippen molar-refractivity contribution in [2.45, 2.75) is 11.4 Å². The maximum Gasteiger partial charge on any atom is 0.317 e. The molecule has 10 nitrogen and oxygen atoms in total. The van der Waals surface area contributed by atoms with Gasteiger partial charge < -0.3 is 20.0 Å². The van der Waals surface area contributed by atoms with Crippen LogP contribution < -0.4 is 10.2 Å². The van der Waals surface area contributed by atoms with Gasteiger partial charge in [0.2, 0.25) is 10.0 Å². The van der Waals surface area contributed by atoms with E-state index >= 15 is 0 Å². The largest absolute Gasteiger partial charge is 0.354 e. The Bertz CT molecular complexity index is 1150. The van der Waals surface area contributed by atoms with Gasteiger partial charge in [-0.25, -0.2) is 18.2 Å². The monoisotopic (exact) mass is 483 g/mol. The van der Waals surface area contributed by atoms with Crippen LogP contribution >= 0.6 is 0 Å². The summed E-state index contributed by atoms with van der Waals surface area (Å²) in [5.74, 6) is 0.897. The third-order valence-corrected chi connectivity index (χ3v) is 8.16. The molecule has 0 unspecified atom stereocenters. The number of nitriles is 1. The van der Waals surface area contributed by atoms with Gasteiger partial charge in [-0.3, -0.25) is 0 Å². The summed E-state index contributed by atoms with van der Waals surface area (Å²) in [6.45, 7) is 5.13. The van der Waals surface area contributed by atoms with Gasteiger partial charge in [-0.15, -0.1) is 0 Å². The van der Waals surface area contributed by atoms with Gasteiger partial charge in [0.1, 0.15) is 5.82 Å². The second kappa shape index (κ2) is 10.4. The number of nitrogens with zero attached hydrogens (tertiary/aromatic N) is 6. The Balaban J connectivity index is 1.32. The number of amides is 2. The molecule has 2 aliphatic heterocycles. The molecule has 1 aromatic carbocycles. The average Bonchev–Trinajstić information content (AvgIpc) is 2.88. The third kappa shape index (κ3) is 5.30. The van der Waals surface area contributed by atoms with Gasteiger partial charge in [0, 0.05) is 70.7 Å². The standard InChI is InChI=1S/C23H29N7O3S/c1-27-9-11-28(12-10-27)22-20(3-2-8-25-22)18-26-23(31)29-13-15-30(16-14-29)34(32,33)21-6-4-19(17-24)5-7-21/h2-8H,9-16,18H2,1H3,(H,26,31). The number of hydrogen-bond donors (Lipinski definition) is 1. The lowest BCUT2D eigenvalue weighted by Gasteiger charge is -2.35. The van der Waals surface area contributed by atoms with E-state index in [-0.39, 0.29) is 24.0 Å².